The molecule has 2 saturated heterocycles. The smallest absolute Gasteiger partial charge is 0.399 e. The molecule has 1 aromatic rings. The summed E-state index contributed by atoms with van der Waals surface area (Å²) in [6.45, 7) is 12.1. The molecule has 2 aliphatic heterocycles. The van der Waals surface area contributed by atoms with Crippen molar-refractivity contribution in [3.63, 3.8) is 0 Å². The number of likely N-dealkylation sites (tertiary alicyclic amines) is 1. The topological polar surface area (TPSA) is 76.7 Å². The first-order valence-corrected chi connectivity index (χ1v) is 10.7. The van der Waals surface area contributed by atoms with Crippen molar-refractivity contribution >= 4 is 18.5 Å². The fourth-order valence-corrected chi connectivity index (χ4v) is 4.19. The zero-order valence-electron chi connectivity index (χ0n) is 17.7. The lowest BCUT2D eigenvalue weighted by molar-refractivity contribution is 0.00578. The van der Waals surface area contributed by atoms with Gasteiger partial charge < -0.3 is 24.8 Å². The second-order valence-corrected chi connectivity index (χ2v) is 9.43. The van der Waals surface area contributed by atoms with Gasteiger partial charge in [-0.15, -0.1) is 0 Å². The van der Waals surface area contributed by atoms with E-state index in [0.717, 1.165) is 37.6 Å². The Morgan fingerprint density at radius 1 is 1.11 bits per heavy atom. The van der Waals surface area contributed by atoms with Gasteiger partial charge in [0.2, 0.25) is 5.95 Å². The van der Waals surface area contributed by atoms with Gasteiger partial charge in [0.1, 0.15) is 0 Å². The molecule has 4 rings (SSSR count). The normalized spacial score (nSPS) is 27.2. The van der Waals surface area contributed by atoms with Crippen LogP contribution in [0.5, 0.6) is 0 Å². The molecular weight excluding hydrogens is 353 g/mol. The van der Waals surface area contributed by atoms with Crippen LogP contribution >= 0.6 is 0 Å². The molecular formula is C20H34BN5O2. The molecule has 1 atom stereocenters. The fraction of sp³-hybridized carbons (Fsp3) is 0.800. The van der Waals surface area contributed by atoms with Crippen LogP contribution < -0.4 is 16.1 Å². The molecule has 154 valence electrons. The lowest BCUT2D eigenvalue weighted by Crippen LogP contribution is -2.50. The molecule has 0 aromatic carbocycles. The molecule has 3 heterocycles. The molecule has 1 aliphatic carbocycles. The Bertz CT molecular complexity index is 662. The SMILES string of the molecule is CC1(C)OB(c2cnc(N(C3CC3)[C@@H]3CCCN(CCN)C3)nc2)OC1(C)C. The maximum Gasteiger partial charge on any atom is 0.498 e. The number of nitrogens with two attached hydrogens (primary N) is 1. The molecule has 8 heteroatoms. The summed E-state index contributed by atoms with van der Waals surface area (Å²) in [5.74, 6) is 0.836. The minimum absolute atomic E-state index is 0.356. The summed E-state index contributed by atoms with van der Waals surface area (Å²) in [4.78, 5) is 14.4. The number of rotatable bonds is 6. The van der Waals surface area contributed by atoms with Crippen molar-refractivity contribution in [1.82, 2.24) is 14.9 Å². The average Bonchev–Trinajstić information content (AvgIpc) is 3.43. The standard InChI is InChI=1S/C20H34BN5O2/c1-19(2)20(3,4)28-21(27-19)15-12-23-18(24-13-15)26(16-7-8-16)17-6-5-10-25(14-17)11-9-22/h12-13,16-17H,5-11,14,22H2,1-4H3/t17-/m1/s1. The molecule has 3 fully saturated rings. The fourth-order valence-electron chi connectivity index (χ4n) is 4.19. The molecule has 3 aliphatic rings. The summed E-state index contributed by atoms with van der Waals surface area (Å²) in [5, 5.41) is 0. The second kappa shape index (κ2) is 7.56. The first-order chi connectivity index (χ1) is 13.3. The number of hydrogen-bond donors (Lipinski definition) is 1. The summed E-state index contributed by atoms with van der Waals surface area (Å²) in [5.41, 5.74) is 5.94. The zero-order chi connectivity index (χ0) is 19.9. The van der Waals surface area contributed by atoms with Crippen molar-refractivity contribution in [1.29, 1.82) is 0 Å². The Balaban J connectivity index is 1.49. The van der Waals surface area contributed by atoms with Crippen molar-refractivity contribution in [3.05, 3.63) is 12.4 Å². The van der Waals surface area contributed by atoms with Crippen molar-refractivity contribution in [2.45, 2.75) is 76.7 Å². The Hall–Kier alpha value is -1.22. The molecule has 7 nitrogen and oxygen atoms in total. The largest absolute Gasteiger partial charge is 0.498 e. The number of nitrogens with zero attached hydrogens (tertiary/aromatic N) is 4. The third-order valence-electron chi connectivity index (χ3n) is 6.67. The highest BCUT2D eigenvalue weighted by molar-refractivity contribution is 6.61. The van der Waals surface area contributed by atoms with E-state index in [0.29, 0.717) is 12.1 Å². The van der Waals surface area contributed by atoms with Crippen LogP contribution in [0, 0.1) is 0 Å². The molecule has 0 unspecified atom stereocenters. The van der Waals surface area contributed by atoms with Crippen LogP contribution in [0.4, 0.5) is 5.95 Å². The molecule has 0 radical (unpaired) electrons. The average molecular weight is 387 g/mol. The Morgan fingerprint density at radius 2 is 1.75 bits per heavy atom. The van der Waals surface area contributed by atoms with Gasteiger partial charge in [-0.25, -0.2) is 9.97 Å². The van der Waals surface area contributed by atoms with E-state index >= 15 is 0 Å². The second-order valence-electron chi connectivity index (χ2n) is 9.43. The Morgan fingerprint density at radius 3 is 2.32 bits per heavy atom. The number of hydrogen-bond acceptors (Lipinski definition) is 7. The van der Waals surface area contributed by atoms with Gasteiger partial charge in [0.15, 0.2) is 0 Å². The van der Waals surface area contributed by atoms with Crippen LogP contribution in [-0.2, 0) is 9.31 Å². The van der Waals surface area contributed by atoms with Gasteiger partial charge in [-0.2, -0.15) is 0 Å². The number of anilines is 1. The minimum atomic E-state index is -0.414. The zero-order valence-corrected chi connectivity index (χ0v) is 17.7. The predicted octanol–water partition coefficient (Wildman–Crippen LogP) is 1.17. The van der Waals surface area contributed by atoms with Crippen LogP contribution in [0.1, 0.15) is 53.4 Å². The Labute approximate surface area is 169 Å². The molecule has 28 heavy (non-hydrogen) atoms. The third kappa shape index (κ3) is 3.92. The Kier molecular flexibility index (Phi) is 5.42. The van der Waals surface area contributed by atoms with E-state index in [-0.39, 0.29) is 11.2 Å². The monoisotopic (exact) mass is 387 g/mol. The van der Waals surface area contributed by atoms with Gasteiger partial charge in [0.25, 0.3) is 0 Å². The molecule has 1 aromatic heterocycles. The number of piperidine rings is 1. The highest BCUT2D eigenvalue weighted by Gasteiger charge is 2.52. The summed E-state index contributed by atoms with van der Waals surface area (Å²) in [7, 11) is -0.414. The van der Waals surface area contributed by atoms with E-state index in [9.17, 15) is 0 Å². The maximum absolute atomic E-state index is 6.13. The van der Waals surface area contributed by atoms with Crippen LogP contribution in [0.3, 0.4) is 0 Å². The first-order valence-electron chi connectivity index (χ1n) is 10.7. The van der Waals surface area contributed by atoms with E-state index in [1.807, 2.05) is 12.4 Å². The van der Waals surface area contributed by atoms with Crippen LogP contribution in [0.2, 0.25) is 0 Å². The van der Waals surface area contributed by atoms with Gasteiger partial charge in [-0.05, 0) is 59.9 Å². The van der Waals surface area contributed by atoms with Gasteiger partial charge >= 0.3 is 7.12 Å². The summed E-state index contributed by atoms with van der Waals surface area (Å²) >= 11 is 0. The summed E-state index contributed by atoms with van der Waals surface area (Å²) in [6.07, 6.45) is 8.62. The molecule has 2 N–H and O–H groups in total. The maximum atomic E-state index is 6.13. The molecule has 0 spiro atoms. The van der Waals surface area contributed by atoms with Gasteiger partial charge in [0.05, 0.1) is 11.2 Å². The van der Waals surface area contributed by atoms with Gasteiger partial charge in [0, 0.05) is 49.6 Å². The van der Waals surface area contributed by atoms with E-state index in [1.54, 1.807) is 0 Å². The molecule has 0 amide bonds. The quantitative estimate of drug-likeness (QED) is 0.735. The van der Waals surface area contributed by atoms with Crippen molar-refractivity contribution in [3.8, 4) is 0 Å². The summed E-state index contributed by atoms with van der Waals surface area (Å²) in [6, 6.07) is 1.04. The van der Waals surface area contributed by atoms with Crippen molar-refractivity contribution < 1.29 is 9.31 Å². The van der Waals surface area contributed by atoms with E-state index in [2.05, 4.69) is 37.5 Å². The lowest BCUT2D eigenvalue weighted by Gasteiger charge is -2.39. The minimum Gasteiger partial charge on any atom is -0.399 e. The van der Waals surface area contributed by atoms with Gasteiger partial charge in [-0.3, -0.25) is 0 Å². The van der Waals surface area contributed by atoms with Crippen LogP contribution in [0.15, 0.2) is 12.4 Å². The van der Waals surface area contributed by atoms with E-state index < -0.39 is 7.12 Å². The third-order valence-corrected chi connectivity index (χ3v) is 6.67. The lowest BCUT2D eigenvalue weighted by atomic mass is 9.81. The predicted molar refractivity (Wildman–Crippen MR) is 112 cm³/mol. The highest BCUT2D eigenvalue weighted by Crippen LogP contribution is 2.37. The van der Waals surface area contributed by atoms with E-state index in [4.69, 9.17) is 25.0 Å². The molecule has 0 bridgehead atoms. The molecule has 1 saturated carbocycles. The van der Waals surface area contributed by atoms with Crippen molar-refractivity contribution in [2.75, 3.05) is 31.1 Å². The van der Waals surface area contributed by atoms with E-state index in [1.165, 1.54) is 25.7 Å². The number of aromatic nitrogens is 2. The first kappa shape index (κ1) is 20.1. The van der Waals surface area contributed by atoms with Crippen LogP contribution in [0.25, 0.3) is 0 Å². The summed E-state index contributed by atoms with van der Waals surface area (Å²) < 4.78 is 12.3. The van der Waals surface area contributed by atoms with Gasteiger partial charge in [-0.1, -0.05) is 0 Å². The van der Waals surface area contributed by atoms with Crippen molar-refractivity contribution in [2.24, 2.45) is 5.73 Å². The van der Waals surface area contributed by atoms with Crippen LogP contribution in [-0.4, -0.2) is 71.5 Å². The highest BCUT2D eigenvalue weighted by atomic mass is 16.7.